The highest BCUT2D eigenvalue weighted by Gasteiger charge is 2.11. The van der Waals surface area contributed by atoms with Crippen molar-refractivity contribution in [2.45, 2.75) is 39.7 Å². The number of hydrogen-bond donors (Lipinski definition) is 1. The molecule has 1 rings (SSSR count). The summed E-state index contributed by atoms with van der Waals surface area (Å²) in [6.07, 6.45) is 2.46. The van der Waals surface area contributed by atoms with Gasteiger partial charge in [-0.15, -0.1) is 0 Å². The second kappa shape index (κ2) is 8.54. The molecule has 0 fully saturated rings. The van der Waals surface area contributed by atoms with Gasteiger partial charge in [0.1, 0.15) is 11.9 Å². The maximum atomic E-state index is 6.06. The lowest BCUT2D eigenvalue weighted by atomic mass is 10.2. The molecule has 1 N–H and O–H groups in total. The smallest absolute Gasteiger partial charge is 0.133 e. The summed E-state index contributed by atoms with van der Waals surface area (Å²) in [6.45, 7) is 8.58. The van der Waals surface area contributed by atoms with E-state index < -0.39 is 0 Å². The lowest BCUT2D eigenvalue weighted by Crippen LogP contribution is -2.33. The van der Waals surface area contributed by atoms with Crippen LogP contribution in [-0.4, -0.2) is 19.2 Å². The Labute approximate surface area is 119 Å². The Kier molecular flexibility index (Phi) is 7.36. The quantitative estimate of drug-likeness (QED) is 0.775. The van der Waals surface area contributed by atoms with Gasteiger partial charge >= 0.3 is 0 Å². The van der Waals surface area contributed by atoms with Crippen LogP contribution in [0.4, 0.5) is 0 Å². The summed E-state index contributed by atoms with van der Waals surface area (Å²) in [5, 5.41) is 3.47. The van der Waals surface area contributed by atoms with Crippen LogP contribution in [0.3, 0.4) is 0 Å². The minimum Gasteiger partial charge on any atom is -0.488 e. The van der Waals surface area contributed by atoms with E-state index >= 15 is 0 Å². The van der Waals surface area contributed by atoms with Gasteiger partial charge in [0.2, 0.25) is 0 Å². The first-order valence-electron chi connectivity index (χ1n) is 6.75. The van der Waals surface area contributed by atoms with E-state index in [1.54, 1.807) is 0 Å². The Morgan fingerprint density at radius 3 is 2.56 bits per heavy atom. The number of ether oxygens (including phenoxy) is 1. The van der Waals surface area contributed by atoms with Crippen molar-refractivity contribution < 1.29 is 4.74 Å². The highest BCUT2D eigenvalue weighted by molar-refractivity contribution is 9.10. The minimum atomic E-state index is 0.243. The molecule has 2 nitrogen and oxygen atoms in total. The Bertz CT molecular complexity index is 341. The molecule has 1 aromatic carbocycles. The van der Waals surface area contributed by atoms with E-state index in [-0.39, 0.29) is 6.10 Å². The van der Waals surface area contributed by atoms with Gasteiger partial charge in [-0.05, 0) is 46.9 Å². The van der Waals surface area contributed by atoms with E-state index in [0.717, 1.165) is 36.2 Å². The fourth-order valence-corrected chi connectivity index (χ4v) is 2.16. The van der Waals surface area contributed by atoms with Gasteiger partial charge in [0.15, 0.2) is 0 Å². The maximum Gasteiger partial charge on any atom is 0.133 e. The predicted octanol–water partition coefficient (Wildman–Crippen LogP) is 4.24. The summed E-state index contributed by atoms with van der Waals surface area (Å²) in [6, 6.07) is 8.03. The molecule has 0 saturated carbocycles. The second-order valence-corrected chi connectivity index (χ2v) is 5.87. The summed E-state index contributed by atoms with van der Waals surface area (Å²) in [5.74, 6) is 1.61. The molecule has 102 valence electrons. The fourth-order valence-electron chi connectivity index (χ4n) is 1.78. The average molecular weight is 314 g/mol. The largest absolute Gasteiger partial charge is 0.488 e. The summed E-state index contributed by atoms with van der Waals surface area (Å²) < 4.78 is 7.08. The fraction of sp³-hybridized carbons (Fsp3) is 0.600. The summed E-state index contributed by atoms with van der Waals surface area (Å²) >= 11 is 3.52. The van der Waals surface area contributed by atoms with Crippen LogP contribution in [-0.2, 0) is 0 Å². The molecule has 0 saturated heterocycles. The van der Waals surface area contributed by atoms with Crippen molar-refractivity contribution in [2.75, 3.05) is 13.1 Å². The van der Waals surface area contributed by atoms with Crippen LogP contribution >= 0.6 is 15.9 Å². The first-order chi connectivity index (χ1) is 8.63. The number of hydrogen-bond acceptors (Lipinski definition) is 2. The van der Waals surface area contributed by atoms with Crippen molar-refractivity contribution in [3.8, 4) is 5.75 Å². The van der Waals surface area contributed by atoms with Gasteiger partial charge in [0, 0.05) is 6.54 Å². The van der Waals surface area contributed by atoms with Gasteiger partial charge < -0.3 is 10.1 Å². The third-order valence-corrected chi connectivity index (χ3v) is 3.32. The van der Waals surface area contributed by atoms with Crippen molar-refractivity contribution in [3.63, 3.8) is 0 Å². The normalized spacial score (nSPS) is 12.7. The number of halogens is 1. The standard InChI is InChI=1S/C15H24BrNO/c1-4-7-13(11-17-10-12(2)3)18-15-9-6-5-8-14(15)16/h5-6,8-9,12-13,17H,4,7,10-11H2,1-3H3. The maximum absolute atomic E-state index is 6.06. The lowest BCUT2D eigenvalue weighted by Gasteiger charge is -2.20. The molecule has 0 spiro atoms. The van der Waals surface area contributed by atoms with E-state index in [0.29, 0.717) is 5.92 Å². The molecule has 0 aliphatic carbocycles. The van der Waals surface area contributed by atoms with Crippen LogP contribution in [0.5, 0.6) is 5.75 Å². The SMILES string of the molecule is CCCC(CNCC(C)C)Oc1ccccc1Br. The molecule has 1 unspecified atom stereocenters. The van der Waals surface area contributed by atoms with Crippen LogP contribution in [0, 0.1) is 5.92 Å². The minimum absolute atomic E-state index is 0.243. The van der Waals surface area contributed by atoms with Crippen molar-refractivity contribution >= 4 is 15.9 Å². The third kappa shape index (κ3) is 5.87. The zero-order valence-electron chi connectivity index (χ0n) is 11.6. The Morgan fingerprint density at radius 1 is 1.22 bits per heavy atom. The summed E-state index contributed by atoms with van der Waals surface area (Å²) in [7, 11) is 0. The average Bonchev–Trinajstić information content (AvgIpc) is 2.32. The molecular weight excluding hydrogens is 290 g/mol. The first kappa shape index (κ1) is 15.5. The molecule has 0 aromatic heterocycles. The predicted molar refractivity (Wildman–Crippen MR) is 81.2 cm³/mol. The summed E-state index contributed by atoms with van der Waals surface area (Å²) in [5.41, 5.74) is 0. The van der Waals surface area contributed by atoms with Crippen LogP contribution in [0.1, 0.15) is 33.6 Å². The number of para-hydroxylation sites is 1. The van der Waals surface area contributed by atoms with Crippen molar-refractivity contribution in [1.29, 1.82) is 0 Å². The summed E-state index contributed by atoms with van der Waals surface area (Å²) in [4.78, 5) is 0. The number of benzene rings is 1. The van der Waals surface area contributed by atoms with Crippen molar-refractivity contribution in [2.24, 2.45) is 5.92 Å². The number of nitrogens with one attached hydrogen (secondary N) is 1. The molecule has 0 heterocycles. The molecule has 3 heteroatoms. The van der Waals surface area contributed by atoms with Gasteiger partial charge in [-0.1, -0.05) is 39.3 Å². The Morgan fingerprint density at radius 2 is 1.94 bits per heavy atom. The Balaban J connectivity index is 2.49. The molecule has 0 amide bonds. The van der Waals surface area contributed by atoms with E-state index in [4.69, 9.17) is 4.74 Å². The molecule has 0 aliphatic heterocycles. The van der Waals surface area contributed by atoms with Gasteiger partial charge in [-0.25, -0.2) is 0 Å². The molecule has 1 atom stereocenters. The first-order valence-corrected chi connectivity index (χ1v) is 7.54. The van der Waals surface area contributed by atoms with Gasteiger partial charge in [0.25, 0.3) is 0 Å². The molecule has 1 aromatic rings. The second-order valence-electron chi connectivity index (χ2n) is 5.01. The van der Waals surface area contributed by atoms with Crippen molar-refractivity contribution in [3.05, 3.63) is 28.7 Å². The van der Waals surface area contributed by atoms with E-state index in [1.165, 1.54) is 0 Å². The zero-order valence-corrected chi connectivity index (χ0v) is 13.2. The van der Waals surface area contributed by atoms with Gasteiger partial charge in [-0.2, -0.15) is 0 Å². The van der Waals surface area contributed by atoms with Gasteiger partial charge in [-0.3, -0.25) is 0 Å². The molecule has 18 heavy (non-hydrogen) atoms. The highest BCUT2D eigenvalue weighted by atomic mass is 79.9. The Hall–Kier alpha value is -0.540. The topological polar surface area (TPSA) is 21.3 Å². The van der Waals surface area contributed by atoms with Crippen LogP contribution < -0.4 is 10.1 Å². The molecule has 0 radical (unpaired) electrons. The van der Waals surface area contributed by atoms with Crippen molar-refractivity contribution in [1.82, 2.24) is 5.32 Å². The number of rotatable bonds is 8. The van der Waals surface area contributed by atoms with Crippen LogP contribution in [0.25, 0.3) is 0 Å². The molecular formula is C15H24BrNO. The zero-order chi connectivity index (χ0) is 13.4. The van der Waals surface area contributed by atoms with Crippen LogP contribution in [0.15, 0.2) is 28.7 Å². The lowest BCUT2D eigenvalue weighted by molar-refractivity contribution is 0.184. The van der Waals surface area contributed by atoms with Crippen LogP contribution in [0.2, 0.25) is 0 Å². The van der Waals surface area contributed by atoms with E-state index in [9.17, 15) is 0 Å². The monoisotopic (exact) mass is 313 g/mol. The third-order valence-electron chi connectivity index (χ3n) is 2.67. The molecule has 0 aliphatic rings. The van der Waals surface area contributed by atoms with Gasteiger partial charge in [0.05, 0.1) is 4.47 Å². The molecule has 0 bridgehead atoms. The van der Waals surface area contributed by atoms with E-state index in [1.807, 2.05) is 24.3 Å². The van der Waals surface area contributed by atoms with E-state index in [2.05, 4.69) is 42.0 Å². The highest BCUT2D eigenvalue weighted by Crippen LogP contribution is 2.25.